The Balaban J connectivity index is 1.96. The quantitative estimate of drug-likeness (QED) is 0.886. The van der Waals surface area contributed by atoms with Crippen molar-refractivity contribution >= 4 is 15.9 Å². The van der Waals surface area contributed by atoms with Crippen molar-refractivity contribution in [1.82, 2.24) is 10.6 Å². The number of carbonyl (C=O) groups is 1. The number of sulfone groups is 1. The highest BCUT2D eigenvalue weighted by molar-refractivity contribution is 7.92. The maximum Gasteiger partial charge on any atom is 0.315 e. The number of amides is 2. The standard InChI is InChI=1S/C17H26N2O3S/c1-17(2,3)19-16(20)18-12-13-8-10-15(11-9-13)23(21,22)14-6-4-5-7-14/h8-11,14H,4-7,12H2,1-3H3,(H2,18,19,20). The van der Waals surface area contributed by atoms with Gasteiger partial charge in [-0.15, -0.1) is 0 Å². The van der Waals surface area contributed by atoms with Crippen LogP contribution in [0.2, 0.25) is 0 Å². The van der Waals surface area contributed by atoms with Crippen molar-refractivity contribution in [2.75, 3.05) is 0 Å². The SMILES string of the molecule is CC(C)(C)NC(=O)NCc1ccc(S(=O)(=O)C2CCCC2)cc1. The molecular formula is C17H26N2O3S. The first kappa shape index (κ1) is 17.8. The lowest BCUT2D eigenvalue weighted by Crippen LogP contribution is -2.46. The first-order valence-electron chi connectivity index (χ1n) is 8.07. The molecule has 0 atom stereocenters. The van der Waals surface area contributed by atoms with Gasteiger partial charge in [0.2, 0.25) is 0 Å². The molecule has 0 spiro atoms. The van der Waals surface area contributed by atoms with Gasteiger partial charge in [0.05, 0.1) is 10.1 Å². The maximum atomic E-state index is 12.5. The Hall–Kier alpha value is -1.56. The molecule has 0 heterocycles. The first-order valence-corrected chi connectivity index (χ1v) is 9.62. The highest BCUT2D eigenvalue weighted by atomic mass is 32.2. The predicted octanol–water partition coefficient (Wildman–Crippen LogP) is 3.00. The molecular weight excluding hydrogens is 312 g/mol. The van der Waals surface area contributed by atoms with E-state index in [0.29, 0.717) is 11.4 Å². The molecule has 1 saturated carbocycles. The maximum absolute atomic E-state index is 12.5. The fourth-order valence-electron chi connectivity index (χ4n) is 2.76. The van der Waals surface area contributed by atoms with Crippen LogP contribution in [-0.2, 0) is 16.4 Å². The fraction of sp³-hybridized carbons (Fsp3) is 0.588. The summed E-state index contributed by atoms with van der Waals surface area (Å²) in [4.78, 5) is 12.1. The zero-order chi connectivity index (χ0) is 17.1. The van der Waals surface area contributed by atoms with Gasteiger partial charge in [-0.25, -0.2) is 13.2 Å². The molecule has 1 aromatic rings. The number of nitrogens with one attached hydrogen (secondary N) is 2. The van der Waals surface area contributed by atoms with Crippen molar-refractivity contribution < 1.29 is 13.2 Å². The molecule has 2 rings (SSSR count). The lowest BCUT2D eigenvalue weighted by Gasteiger charge is -2.20. The van der Waals surface area contributed by atoms with Gasteiger partial charge in [-0.2, -0.15) is 0 Å². The van der Waals surface area contributed by atoms with Crippen molar-refractivity contribution in [1.29, 1.82) is 0 Å². The zero-order valence-electron chi connectivity index (χ0n) is 14.1. The number of urea groups is 1. The summed E-state index contributed by atoms with van der Waals surface area (Å²) in [5.41, 5.74) is 0.586. The van der Waals surface area contributed by atoms with Gasteiger partial charge in [0.25, 0.3) is 0 Å². The Morgan fingerprint density at radius 3 is 2.22 bits per heavy atom. The van der Waals surface area contributed by atoms with Gasteiger partial charge in [-0.1, -0.05) is 25.0 Å². The van der Waals surface area contributed by atoms with Crippen molar-refractivity contribution in [3.8, 4) is 0 Å². The Bertz CT molecular complexity index is 639. The van der Waals surface area contributed by atoms with E-state index in [1.165, 1.54) is 0 Å². The van der Waals surface area contributed by atoms with Crippen LogP contribution >= 0.6 is 0 Å². The van der Waals surface area contributed by atoms with Crippen molar-refractivity contribution in [3.05, 3.63) is 29.8 Å². The number of hydrogen-bond acceptors (Lipinski definition) is 3. The van der Waals surface area contributed by atoms with Gasteiger partial charge >= 0.3 is 6.03 Å². The van der Waals surface area contributed by atoms with Gasteiger partial charge in [0.15, 0.2) is 9.84 Å². The smallest absolute Gasteiger partial charge is 0.315 e. The molecule has 0 bridgehead atoms. The Morgan fingerprint density at radius 1 is 1.13 bits per heavy atom. The monoisotopic (exact) mass is 338 g/mol. The zero-order valence-corrected chi connectivity index (χ0v) is 14.9. The lowest BCUT2D eigenvalue weighted by molar-refractivity contribution is 0.231. The summed E-state index contributed by atoms with van der Waals surface area (Å²) in [6.45, 7) is 6.10. The summed E-state index contributed by atoms with van der Waals surface area (Å²) in [5.74, 6) is 0. The molecule has 0 saturated heterocycles. The molecule has 1 fully saturated rings. The lowest BCUT2D eigenvalue weighted by atomic mass is 10.1. The van der Waals surface area contributed by atoms with Crippen LogP contribution in [0.3, 0.4) is 0 Å². The molecule has 0 radical (unpaired) electrons. The van der Waals surface area contributed by atoms with E-state index in [0.717, 1.165) is 31.2 Å². The molecule has 0 unspecified atom stereocenters. The average Bonchev–Trinajstić information content (AvgIpc) is 2.98. The molecule has 0 aliphatic heterocycles. The summed E-state index contributed by atoms with van der Waals surface area (Å²) in [7, 11) is -3.21. The summed E-state index contributed by atoms with van der Waals surface area (Å²) >= 11 is 0. The molecule has 6 heteroatoms. The molecule has 1 aromatic carbocycles. The van der Waals surface area contributed by atoms with Gasteiger partial charge in [0.1, 0.15) is 0 Å². The normalized spacial score (nSPS) is 16.3. The largest absolute Gasteiger partial charge is 0.334 e. The van der Waals surface area contributed by atoms with Crippen LogP contribution in [0.25, 0.3) is 0 Å². The summed E-state index contributed by atoms with van der Waals surface area (Å²) in [5, 5.41) is 5.35. The molecule has 23 heavy (non-hydrogen) atoms. The van der Waals surface area contributed by atoms with Crippen LogP contribution in [-0.4, -0.2) is 25.2 Å². The van der Waals surface area contributed by atoms with Gasteiger partial charge < -0.3 is 10.6 Å². The topological polar surface area (TPSA) is 75.3 Å². The van der Waals surface area contributed by atoms with Crippen LogP contribution in [0.15, 0.2) is 29.2 Å². The number of hydrogen-bond donors (Lipinski definition) is 2. The second-order valence-corrected chi connectivity index (χ2v) is 9.38. The van der Waals surface area contributed by atoms with Crippen molar-refractivity contribution in [3.63, 3.8) is 0 Å². The third kappa shape index (κ3) is 4.96. The van der Waals surface area contributed by atoms with E-state index >= 15 is 0 Å². The van der Waals surface area contributed by atoms with Crippen LogP contribution in [0.1, 0.15) is 52.0 Å². The van der Waals surface area contributed by atoms with E-state index in [1.807, 2.05) is 20.8 Å². The van der Waals surface area contributed by atoms with Crippen molar-refractivity contribution in [2.45, 2.75) is 68.7 Å². The Kier molecular flexibility index (Phi) is 5.34. The fourth-order valence-corrected chi connectivity index (χ4v) is 4.61. The third-order valence-corrected chi connectivity index (χ3v) is 6.21. The van der Waals surface area contributed by atoms with E-state index in [2.05, 4.69) is 10.6 Å². The van der Waals surface area contributed by atoms with Gasteiger partial charge in [-0.3, -0.25) is 0 Å². The van der Waals surface area contributed by atoms with Gasteiger partial charge in [0, 0.05) is 12.1 Å². The average molecular weight is 338 g/mol. The highest BCUT2D eigenvalue weighted by Crippen LogP contribution is 2.29. The number of rotatable bonds is 4. The van der Waals surface area contributed by atoms with Crippen molar-refractivity contribution in [2.24, 2.45) is 0 Å². The van der Waals surface area contributed by atoms with Crippen LogP contribution in [0.4, 0.5) is 4.79 Å². The molecule has 2 N–H and O–H groups in total. The van der Waals surface area contributed by atoms with E-state index < -0.39 is 9.84 Å². The molecule has 128 valence electrons. The van der Waals surface area contributed by atoms with E-state index in [9.17, 15) is 13.2 Å². The number of carbonyl (C=O) groups excluding carboxylic acids is 1. The van der Waals surface area contributed by atoms with Crippen LogP contribution < -0.4 is 10.6 Å². The summed E-state index contributed by atoms with van der Waals surface area (Å²) in [6.07, 6.45) is 3.51. The highest BCUT2D eigenvalue weighted by Gasteiger charge is 2.30. The minimum atomic E-state index is -3.21. The molecule has 0 aromatic heterocycles. The third-order valence-electron chi connectivity index (χ3n) is 3.93. The van der Waals surface area contributed by atoms with Gasteiger partial charge in [-0.05, 0) is 51.3 Å². The molecule has 1 aliphatic rings. The first-order chi connectivity index (χ1) is 10.7. The minimum absolute atomic E-state index is 0.232. The van der Waals surface area contributed by atoms with E-state index in [-0.39, 0.29) is 16.8 Å². The Morgan fingerprint density at radius 2 is 1.70 bits per heavy atom. The second kappa shape index (κ2) is 6.91. The minimum Gasteiger partial charge on any atom is -0.334 e. The molecule has 5 nitrogen and oxygen atoms in total. The van der Waals surface area contributed by atoms with E-state index in [1.54, 1.807) is 24.3 Å². The number of benzene rings is 1. The second-order valence-electron chi connectivity index (χ2n) is 7.15. The Labute approximate surface area is 138 Å². The summed E-state index contributed by atoms with van der Waals surface area (Å²) < 4.78 is 25.0. The van der Waals surface area contributed by atoms with Crippen LogP contribution in [0.5, 0.6) is 0 Å². The summed E-state index contributed by atoms with van der Waals surface area (Å²) in [6, 6.07) is 6.58. The molecule has 2 amide bonds. The molecule has 1 aliphatic carbocycles. The predicted molar refractivity (Wildman–Crippen MR) is 91.0 cm³/mol. The van der Waals surface area contributed by atoms with E-state index in [4.69, 9.17) is 0 Å². The van der Waals surface area contributed by atoms with Crippen LogP contribution in [0, 0.1) is 0 Å².